The fraction of sp³-hybridized carbons (Fsp3) is 0.909. The van der Waals surface area contributed by atoms with Crippen LogP contribution in [0.3, 0.4) is 0 Å². The first-order valence-electron chi connectivity index (χ1n) is 6.41. The van der Waals surface area contributed by atoms with Crippen LogP contribution in [0.1, 0.15) is 6.92 Å². The molecule has 1 fully saturated rings. The van der Waals surface area contributed by atoms with E-state index in [1.54, 1.807) is 7.05 Å². The van der Waals surface area contributed by atoms with Crippen molar-refractivity contribution in [2.24, 2.45) is 4.99 Å². The quantitative estimate of drug-likeness (QED) is 0.680. The molecule has 21 heavy (non-hydrogen) atoms. The average molecular weight is 330 g/mol. The number of nitrogens with one attached hydrogen (secondary N) is 1. The lowest BCUT2D eigenvalue weighted by atomic mass is 9.94. The van der Waals surface area contributed by atoms with E-state index in [-0.39, 0.29) is 6.61 Å². The third-order valence-electron chi connectivity index (χ3n) is 3.28. The number of thioether (sulfide) groups is 1. The van der Waals surface area contributed by atoms with Gasteiger partial charge in [0.25, 0.3) is 0 Å². The molecule has 2 rings (SSSR count). The smallest absolute Gasteiger partial charge is 0.388 e. The SMILES string of the molecule is CCO[C@H](C1O[C@@H]2SC(NC)=N[C@@H]2[C@@H](O)[C@@H]1O)C(F)(F)F. The van der Waals surface area contributed by atoms with Crippen molar-refractivity contribution in [3.05, 3.63) is 0 Å². The first-order valence-corrected chi connectivity index (χ1v) is 7.29. The molecular formula is C11H17F3N2O4S. The summed E-state index contributed by atoms with van der Waals surface area (Å²) in [5.74, 6) is 0. The zero-order valence-electron chi connectivity index (χ0n) is 11.4. The van der Waals surface area contributed by atoms with E-state index >= 15 is 0 Å². The van der Waals surface area contributed by atoms with Crippen molar-refractivity contribution in [1.29, 1.82) is 0 Å². The van der Waals surface area contributed by atoms with Crippen LogP contribution in [0.15, 0.2) is 4.99 Å². The Bertz CT molecular complexity index is 409. The predicted molar refractivity (Wildman–Crippen MR) is 70.0 cm³/mol. The molecule has 0 aromatic rings. The van der Waals surface area contributed by atoms with Gasteiger partial charge in [0.15, 0.2) is 11.3 Å². The number of hydrogen-bond acceptors (Lipinski definition) is 7. The molecule has 2 aliphatic heterocycles. The Balaban J connectivity index is 2.19. The van der Waals surface area contributed by atoms with Crippen LogP contribution < -0.4 is 5.32 Å². The molecule has 6 atom stereocenters. The van der Waals surface area contributed by atoms with Crippen LogP contribution in [0.2, 0.25) is 0 Å². The van der Waals surface area contributed by atoms with E-state index in [1.165, 1.54) is 6.92 Å². The number of aliphatic imine (C=N–C) groups is 1. The second kappa shape index (κ2) is 6.29. The van der Waals surface area contributed by atoms with Crippen molar-refractivity contribution in [2.45, 2.75) is 49.0 Å². The second-order valence-electron chi connectivity index (χ2n) is 4.66. The second-order valence-corrected chi connectivity index (χ2v) is 5.75. The first kappa shape index (κ1) is 16.8. The van der Waals surface area contributed by atoms with Gasteiger partial charge >= 0.3 is 6.18 Å². The molecule has 3 N–H and O–H groups in total. The summed E-state index contributed by atoms with van der Waals surface area (Å²) in [4.78, 5) is 4.07. The maximum Gasteiger partial charge on any atom is 0.417 e. The van der Waals surface area contributed by atoms with E-state index in [9.17, 15) is 23.4 Å². The molecule has 10 heteroatoms. The number of aliphatic hydroxyl groups excluding tert-OH is 2. The van der Waals surface area contributed by atoms with E-state index in [0.717, 1.165) is 11.8 Å². The first-order chi connectivity index (χ1) is 9.79. The Hall–Kier alpha value is -0.550. The highest BCUT2D eigenvalue weighted by atomic mass is 32.2. The van der Waals surface area contributed by atoms with Crippen LogP contribution in [0, 0.1) is 0 Å². The van der Waals surface area contributed by atoms with Crippen LogP contribution in [-0.4, -0.2) is 71.1 Å². The molecule has 1 saturated heterocycles. The van der Waals surface area contributed by atoms with Crippen LogP contribution in [0.25, 0.3) is 0 Å². The number of fused-ring (bicyclic) bond motifs is 1. The molecule has 2 aliphatic rings. The normalized spacial score (nSPS) is 37.9. The van der Waals surface area contributed by atoms with E-state index in [1.807, 2.05) is 0 Å². The Morgan fingerprint density at radius 3 is 2.62 bits per heavy atom. The monoisotopic (exact) mass is 330 g/mol. The maximum atomic E-state index is 13.0. The molecule has 0 bridgehead atoms. The number of nitrogens with zero attached hydrogens (tertiary/aromatic N) is 1. The van der Waals surface area contributed by atoms with Crippen molar-refractivity contribution in [1.82, 2.24) is 5.32 Å². The van der Waals surface area contributed by atoms with Gasteiger partial charge in [-0.15, -0.1) is 0 Å². The van der Waals surface area contributed by atoms with Crippen molar-refractivity contribution < 1.29 is 32.9 Å². The summed E-state index contributed by atoms with van der Waals surface area (Å²) in [6.07, 6.45) is -11.9. The largest absolute Gasteiger partial charge is 0.417 e. The number of ether oxygens (including phenoxy) is 2. The fourth-order valence-electron chi connectivity index (χ4n) is 2.31. The third kappa shape index (κ3) is 3.29. The van der Waals surface area contributed by atoms with Crippen molar-refractivity contribution in [3.63, 3.8) is 0 Å². The predicted octanol–water partition coefficient (Wildman–Crippen LogP) is 0.0913. The van der Waals surface area contributed by atoms with E-state index in [2.05, 4.69) is 15.0 Å². The minimum atomic E-state index is -4.70. The standard InChI is InChI=1S/C11H17F3N2O4S/c1-3-19-8(11(12,13)14)7-6(18)5(17)4-9(20-7)21-10(15-2)16-4/h4-9,17-18H,3H2,1-2H3,(H,15,16)/t4-,5-,6+,7?,8-,9-/m1/s1. The van der Waals surface area contributed by atoms with Gasteiger partial charge in [-0.2, -0.15) is 13.2 Å². The highest BCUT2D eigenvalue weighted by Gasteiger charge is 2.56. The molecule has 0 radical (unpaired) electrons. The molecule has 6 nitrogen and oxygen atoms in total. The Labute approximate surface area is 123 Å². The summed E-state index contributed by atoms with van der Waals surface area (Å²) in [6, 6.07) is -0.806. The van der Waals surface area contributed by atoms with E-state index in [0.29, 0.717) is 5.17 Å². The average Bonchev–Trinajstić information content (AvgIpc) is 2.82. The molecule has 0 aliphatic carbocycles. The summed E-state index contributed by atoms with van der Waals surface area (Å²) in [7, 11) is 1.60. The van der Waals surface area contributed by atoms with Crippen LogP contribution in [0.4, 0.5) is 13.2 Å². The zero-order chi connectivity index (χ0) is 15.8. The minimum Gasteiger partial charge on any atom is -0.388 e. The number of aliphatic hydroxyl groups is 2. The Morgan fingerprint density at radius 2 is 2.10 bits per heavy atom. The fourth-order valence-corrected chi connectivity index (χ4v) is 3.38. The molecule has 0 aromatic carbocycles. The highest BCUT2D eigenvalue weighted by molar-refractivity contribution is 8.14. The summed E-state index contributed by atoms with van der Waals surface area (Å²) in [5.41, 5.74) is -0.791. The number of alkyl halides is 3. The molecule has 0 spiro atoms. The third-order valence-corrected chi connectivity index (χ3v) is 4.44. The van der Waals surface area contributed by atoms with Gasteiger partial charge in [-0.3, -0.25) is 4.99 Å². The van der Waals surface area contributed by atoms with Crippen molar-refractivity contribution in [3.8, 4) is 0 Å². The lowest BCUT2D eigenvalue weighted by Gasteiger charge is -2.41. The van der Waals surface area contributed by atoms with Crippen molar-refractivity contribution in [2.75, 3.05) is 13.7 Å². The summed E-state index contributed by atoms with van der Waals surface area (Å²) in [5, 5.41) is 23.1. The number of amidine groups is 1. The van der Waals surface area contributed by atoms with Gasteiger partial charge in [0.05, 0.1) is 0 Å². The van der Waals surface area contributed by atoms with E-state index < -0.39 is 42.1 Å². The Kier molecular flexibility index (Phi) is 5.03. The van der Waals surface area contributed by atoms with Gasteiger partial charge in [-0.05, 0) is 6.92 Å². The maximum absolute atomic E-state index is 13.0. The summed E-state index contributed by atoms with van der Waals surface area (Å²) >= 11 is 1.07. The van der Waals surface area contributed by atoms with Crippen LogP contribution in [-0.2, 0) is 9.47 Å². The lowest BCUT2D eigenvalue weighted by molar-refractivity contribution is -0.283. The topological polar surface area (TPSA) is 83.3 Å². The number of hydrogen-bond donors (Lipinski definition) is 3. The minimum absolute atomic E-state index is 0.188. The zero-order valence-corrected chi connectivity index (χ0v) is 12.2. The van der Waals surface area contributed by atoms with Gasteiger partial charge in [0.2, 0.25) is 0 Å². The molecule has 0 aromatic heterocycles. The molecule has 0 saturated carbocycles. The molecule has 2 heterocycles. The van der Waals surface area contributed by atoms with Crippen LogP contribution in [0.5, 0.6) is 0 Å². The van der Waals surface area contributed by atoms with Gasteiger partial charge in [-0.25, -0.2) is 0 Å². The summed E-state index contributed by atoms with van der Waals surface area (Å²) in [6.45, 7) is 1.23. The van der Waals surface area contributed by atoms with E-state index in [4.69, 9.17) is 4.74 Å². The van der Waals surface area contributed by atoms with Gasteiger partial charge < -0.3 is 25.0 Å². The van der Waals surface area contributed by atoms with Crippen LogP contribution >= 0.6 is 11.8 Å². The molecule has 0 amide bonds. The van der Waals surface area contributed by atoms with Crippen molar-refractivity contribution >= 4 is 16.9 Å². The van der Waals surface area contributed by atoms with Gasteiger partial charge in [0.1, 0.15) is 29.8 Å². The lowest BCUT2D eigenvalue weighted by Crippen LogP contribution is -2.61. The summed E-state index contributed by atoms with van der Waals surface area (Å²) < 4.78 is 49.1. The highest BCUT2D eigenvalue weighted by Crippen LogP contribution is 2.39. The Morgan fingerprint density at radius 1 is 1.43 bits per heavy atom. The molecule has 122 valence electrons. The molecule has 1 unspecified atom stereocenters. The van der Waals surface area contributed by atoms with Gasteiger partial charge in [0, 0.05) is 13.7 Å². The number of rotatable bonds is 3. The van der Waals surface area contributed by atoms with Gasteiger partial charge in [-0.1, -0.05) is 11.8 Å². The number of halogens is 3. The molecular weight excluding hydrogens is 313 g/mol.